The summed E-state index contributed by atoms with van der Waals surface area (Å²) in [6, 6.07) is 3.32. The second-order valence-electron chi connectivity index (χ2n) is 4.01. The van der Waals surface area contributed by atoms with Crippen LogP contribution < -0.4 is 11.1 Å². The minimum absolute atomic E-state index is 0.237. The largest absolute Gasteiger partial charge is 0.455 e. The Hall–Kier alpha value is -2.08. The summed E-state index contributed by atoms with van der Waals surface area (Å²) in [5.74, 6) is 0.647. The Balaban J connectivity index is 1.81. The number of aryl methyl sites for hydroxylation is 1. The van der Waals surface area contributed by atoms with Gasteiger partial charge in [0.15, 0.2) is 5.76 Å². The lowest BCUT2D eigenvalue weighted by atomic mass is 10.4. The SMILES string of the molecule is Cc1cnn(CCNC(=O)c2ccc(CN)o2)c1. The molecule has 96 valence electrons. The molecule has 6 heteroatoms. The van der Waals surface area contributed by atoms with Crippen LogP contribution in [0, 0.1) is 6.92 Å². The van der Waals surface area contributed by atoms with Crippen LogP contribution in [0.1, 0.15) is 21.9 Å². The molecule has 0 aliphatic carbocycles. The first-order valence-corrected chi connectivity index (χ1v) is 5.75. The van der Waals surface area contributed by atoms with Gasteiger partial charge in [-0.2, -0.15) is 5.10 Å². The van der Waals surface area contributed by atoms with Crippen molar-refractivity contribution in [2.45, 2.75) is 20.0 Å². The molecule has 0 aliphatic rings. The fraction of sp³-hybridized carbons (Fsp3) is 0.333. The van der Waals surface area contributed by atoms with Gasteiger partial charge in [-0.05, 0) is 24.6 Å². The van der Waals surface area contributed by atoms with Crippen LogP contribution >= 0.6 is 0 Å². The molecule has 0 fully saturated rings. The maximum Gasteiger partial charge on any atom is 0.287 e. The zero-order chi connectivity index (χ0) is 13.0. The number of nitrogens with zero attached hydrogens (tertiary/aromatic N) is 2. The molecule has 18 heavy (non-hydrogen) atoms. The third kappa shape index (κ3) is 2.98. The van der Waals surface area contributed by atoms with E-state index in [9.17, 15) is 4.79 Å². The summed E-state index contributed by atoms with van der Waals surface area (Å²) >= 11 is 0. The zero-order valence-electron chi connectivity index (χ0n) is 10.2. The molecule has 6 nitrogen and oxygen atoms in total. The molecule has 2 rings (SSSR count). The van der Waals surface area contributed by atoms with Gasteiger partial charge in [0, 0.05) is 12.7 Å². The topological polar surface area (TPSA) is 86.1 Å². The van der Waals surface area contributed by atoms with Crippen LogP contribution in [0.2, 0.25) is 0 Å². The van der Waals surface area contributed by atoms with Crippen LogP contribution in [0.3, 0.4) is 0 Å². The minimum Gasteiger partial charge on any atom is -0.455 e. The van der Waals surface area contributed by atoms with Gasteiger partial charge in [0.25, 0.3) is 5.91 Å². The minimum atomic E-state index is -0.237. The normalized spacial score (nSPS) is 10.6. The van der Waals surface area contributed by atoms with Crippen molar-refractivity contribution >= 4 is 5.91 Å². The molecule has 2 aromatic rings. The van der Waals surface area contributed by atoms with Crippen molar-refractivity contribution < 1.29 is 9.21 Å². The van der Waals surface area contributed by atoms with Gasteiger partial charge in [-0.25, -0.2) is 0 Å². The number of nitrogens with two attached hydrogens (primary N) is 1. The van der Waals surface area contributed by atoms with Gasteiger partial charge in [0.05, 0.1) is 19.3 Å². The average Bonchev–Trinajstić information content (AvgIpc) is 2.98. The Morgan fingerprint density at radius 3 is 3.00 bits per heavy atom. The first-order chi connectivity index (χ1) is 8.69. The summed E-state index contributed by atoms with van der Waals surface area (Å²) in [5, 5.41) is 6.89. The summed E-state index contributed by atoms with van der Waals surface area (Å²) in [4.78, 5) is 11.7. The number of carbonyl (C=O) groups is 1. The Labute approximate surface area is 105 Å². The van der Waals surface area contributed by atoms with E-state index in [1.165, 1.54) is 0 Å². The highest BCUT2D eigenvalue weighted by molar-refractivity contribution is 5.91. The van der Waals surface area contributed by atoms with Gasteiger partial charge in [-0.1, -0.05) is 0 Å². The number of hydrogen-bond donors (Lipinski definition) is 2. The molecule has 0 aliphatic heterocycles. The van der Waals surface area contributed by atoms with Crippen LogP contribution in [0.15, 0.2) is 28.9 Å². The highest BCUT2D eigenvalue weighted by Crippen LogP contribution is 2.06. The van der Waals surface area contributed by atoms with Crippen molar-refractivity contribution in [3.8, 4) is 0 Å². The van der Waals surface area contributed by atoms with E-state index in [1.807, 2.05) is 13.1 Å². The number of amides is 1. The molecule has 3 N–H and O–H groups in total. The molecular formula is C12H16N4O2. The van der Waals surface area contributed by atoms with Gasteiger partial charge in [0.1, 0.15) is 5.76 Å². The molecule has 0 unspecified atom stereocenters. The average molecular weight is 248 g/mol. The van der Waals surface area contributed by atoms with E-state index in [2.05, 4.69) is 10.4 Å². The van der Waals surface area contributed by atoms with Crippen LogP contribution in [-0.2, 0) is 13.1 Å². The van der Waals surface area contributed by atoms with Crippen molar-refractivity contribution in [2.24, 2.45) is 5.73 Å². The van der Waals surface area contributed by atoms with Gasteiger partial charge in [-0.15, -0.1) is 0 Å². The Kier molecular flexibility index (Phi) is 3.78. The molecule has 1 amide bonds. The van der Waals surface area contributed by atoms with Crippen LogP contribution in [0.5, 0.6) is 0 Å². The number of rotatable bonds is 5. The Morgan fingerprint density at radius 1 is 1.56 bits per heavy atom. The van der Waals surface area contributed by atoms with Crippen LogP contribution in [-0.4, -0.2) is 22.2 Å². The van der Waals surface area contributed by atoms with E-state index < -0.39 is 0 Å². The molecule has 0 atom stereocenters. The highest BCUT2D eigenvalue weighted by Gasteiger charge is 2.09. The summed E-state index contributed by atoms with van der Waals surface area (Å²) < 4.78 is 7.02. The second-order valence-corrected chi connectivity index (χ2v) is 4.01. The first kappa shape index (κ1) is 12.4. The third-order valence-corrected chi connectivity index (χ3v) is 2.48. The van der Waals surface area contributed by atoms with Gasteiger partial charge >= 0.3 is 0 Å². The fourth-order valence-corrected chi connectivity index (χ4v) is 1.57. The predicted octanol–water partition coefficient (Wildman–Crippen LogP) is 0.673. The van der Waals surface area contributed by atoms with E-state index in [0.29, 0.717) is 25.4 Å². The summed E-state index contributed by atoms with van der Waals surface area (Å²) in [6.07, 6.45) is 3.70. The summed E-state index contributed by atoms with van der Waals surface area (Å²) in [6.45, 7) is 3.39. The number of carbonyl (C=O) groups excluding carboxylic acids is 1. The molecule has 0 saturated carbocycles. The van der Waals surface area contributed by atoms with E-state index in [0.717, 1.165) is 5.56 Å². The number of furan rings is 1. The van der Waals surface area contributed by atoms with Crippen LogP contribution in [0.25, 0.3) is 0 Å². The third-order valence-electron chi connectivity index (χ3n) is 2.48. The zero-order valence-corrected chi connectivity index (χ0v) is 10.2. The standard InChI is InChI=1S/C12H16N4O2/c1-9-7-15-16(8-9)5-4-14-12(17)11-3-2-10(6-13)18-11/h2-3,7-8H,4-6,13H2,1H3,(H,14,17). The fourth-order valence-electron chi connectivity index (χ4n) is 1.57. The van der Waals surface area contributed by atoms with Gasteiger partial charge in [-0.3, -0.25) is 9.48 Å². The van der Waals surface area contributed by atoms with Gasteiger partial charge in [0.2, 0.25) is 0 Å². The highest BCUT2D eigenvalue weighted by atomic mass is 16.4. The molecule has 0 spiro atoms. The van der Waals surface area contributed by atoms with E-state index in [4.69, 9.17) is 10.2 Å². The van der Waals surface area contributed by atoms with Crippen molar-refractivity contribution in [3.63, 3.8) is 0 Å². The monoisotopic (exact) mass is 248 g/mol. The Morgan fingerprint density at radius 2 is 2.39 bits per heavy atom. The maximum absolute atomic E-state index is 11.7. The molecule has 0 radical (unpaired) electrons. The summed E-state index contributed by atoms with van der Waals surface area (Å²) in [7, 11) is 0. The second kappa shape index (κ2) is 5.50. The number of aromatic nitrogens is 2. The van der Waals surface area contributed by atoms with E-state index >= 15 is 0 Å². The molecule has 2 aromatic heterocycles. The van der Waals surface area contributed by atoms with Crippen molar-refractivity contribution in [1.29, 1.82) is 0 Å². The molecule has 0 aromatic carbocycles. The summed E-state index contributed by atoms with van der Waals surface area (Å²) in [5.41, 5.74) is 6.50. The molecular weight excluding hydrogens is 232 g/mol. The molecule has 0 saturated heterocycles. The van der Waals surface area contributed by atoms with Crippen molar-refractivity contribution in [2.75, 3.05) is 6.54 Å². The lowest BCUT2D eigenvalue weighted by molar-refractivity contribution is 0.0922. The maximum atomic E-state index is 11.7. The molecule has 2 heterocycles. The predicted molar refractivity (Wildman–Crippen MR) is 65.9 cm³/mol. The number of hydrogen-bond acceptors (Lipinski definition) is 4. The lowest BCUT2D eigenvalue weighted by Gasteiger charge is -2.03. The quantitative estimate of drug-likeness (QED) is 0.814. The van der Waals surface area contributed by atoms with Crippen molar-refractivity contribution in [1.82, 2.24) is 15.1 Å². The Bertz CT molecular complexity index is 530. The lowest BCUT2D eigenvalue weighted by Crippen LogP contribution is -2.27. The van der Waals surface area contributed by atoms with Gasteiger partial charge < -0.3 is 15.5 Å². The smallest absolute Gasteiger partial charge is 0.287 e. The van der Waals surface area contributed by atoms with Crippen LogP contribution in [0.4, 0.5) is 0 Å². The first-order valence-electron chi connectivity index (χ1n) is 5.75. The van der Waals surface area contributed by atoms with E-state index in [-0.39, 0.29) is 11.7 Å². The molecule has 0 bridgehead atoms. The number of nitrogens with one attached hydrogen (secondary N) is 1. The van der Waals surface area contributed by atoms with E-state index in [1.54, 1.807) is 23.0 Å². The van der Waals surface area contributed by atoms with Crippen molar-refractivity contribution in [3.05, 3.63) is 41.6 Å².